The van der Waals surface area contributed by atoms with Crippen molar-refractivity contribution in [2.24, 2.45) is 0 Å². The highest BCUT2D eigenvalue weighted by Crippen LogP contribution is 2.18. The summed E-state index contributed by atoms with van der Waals surface area (Å²) in [6, 6.07) is 14.3. The number of anilines is 1. The number of carbonyl (C=O) groups is 2. The predicted molar refractivity (Wildman–Crippen MR) is 94.0 cm³/mol. The first-order valence-electron chi connectivity index (χ1n) is 6.89. The summed E-state index contributed by atoms with van der Waals surface area (Å²) in [5.74, 6) is 0.358. The maximum absolute atomic E-state index is 12.0. The molecule has 6 heteroatoms. The number of hydrogen-bond acceptors (Lipinski definition) is 4. The van der Waals surface area contributed by atoms with Gasteiger partial charge in [-0.15, -0.1) is 11.8 Å². The van der Waals surface area contributed by atoms with E-state index in [1.807, 2.05) is 24.3 Å². The van der Waals surface area contributed by atoms with Gasteiger partial charge in [-0.25, -0.2) is 4.79 Å². The van der Waals surface area contributed by atoms with Crippen LogP contribution in [0.1, 0.15) is 15.9 Å². The average Bonchev–Trinajstić information content (AvgIpc) is 2.56. The predicted octanol–water partition coefficient (Wildman–Crippen LogP) is 4.00. The Bertz CT molecular complexity index is 688. The number of nitrogens with one attached hydrogen (secondary N) is 1. The minimum Gasteiger partial charge on any atom is -0.465 e. The normalized spacial score (nSPS) is 10.2. The van der Waals surface area contributed by atoms with Crippen LogP contribution in [0.4, 0.5) is 5.69 Å². The molecule has 0 heterocycles. The Balaban J connectivity index is 1.88. The minimum absolute atomic E-state index is 0.166. The van der Waals surface area contributed by atoms with Crippen LogP contribution in [0.3, 0.4) is 0 Å². The number of thioether (sulfide) groups is 1. The third-order valence-electron chi connectivity index (χ3n) is 3.02. The van der Waals surface area contributed by atoms with Crippen molar-refractivity contribution in [1.82, 2.24) is 0 Å². The van der Waals surface area contributed by atoms with E-state index in [2.05, 4.69) is 5.32 Å². The monoisotopic (exact) mass is 349 g/mol. The quantitative estimate of drug-likeness (QED) is 0.801. The molecule has 0 spiro atoms. The molecule has 0 bridgehead atoms. The van der Waals surface area contributed by atoms with Gasteiger partial charge in [0, 0.05) is 10.8 Å². The van der Waals surface area contributed by atoms with Crippen molar-refractivity contribution >= 4 is 40.9 Å². The average molecular weight is 350 g/mol. The molecule has 0 fully saturated rings. The Labute approximate surface area is 144 Å². The van der Waals surface area contributed by atoms with Gasteiger partial charge in [0.1, 0.15) is 0 Å². The van der Waals surface area contributed by atoms with Crippen molar-refractivity contribution in [2.45, 2.75) is 5.75 Å². The van der Waals surface area contributed by atoms with Crippen molar-refractivity contribution in [2.75, 3.05) is 18.2 Å². The van der Waals surface area contributed by atoms with Crippen LogP contribution in [0.2, 0.25) is 5.02 Å². The van der Waals surface area contributed by atoms with Crippen molar-refractivity contribution in [3.8, 4) is 0 Å². The number of rotatable bonds is 6. The topological polar surface area (TPSA) is 55.4 Å². The zero-order chi connectivity index (χ0) is 16.7. The molecule has 2 aromatic rings. The second-order valence-electron chi connectivity index (χ2n) is 4.70. The van der Waals surface area contributed by atoms with E-state index in [9.17, 15) is 9.59 Å². The first-order chi connectivity index (χ1) is 11.1. The van der Waals surface area contributed by atoms with Gasteiger partial charge in [-0.05, 0) is 29.8 Å². The van der Waals surface area contributed by atoms with Gasteiger partial charge in [-0.3, -0.25) is 4.79 Å². The number of methoxy groups -OCH3 is 1. The molecular weight excluding hydrogens is 334 g/mol. The van der Waals surface area contributed by atoms with Crippen LogP contribution < -0.4 is 5.32 Å². The van der Waals surface area contributed by atoms with Gasteiger partial charge >= 0.3 is 5.97 Å². The molecule has 0 atom stereocenters. The van der Waals surface area contributed by atoms with Crippen LogP contribution in [0.25, 0.3) is 0 Å². The van der Waals surface area contributed by atoms with Crippen LogP contribution in [0.5, 0.6) is 0 Å². The molecular formula is C17H16ClNO3S. The van der Waals surface area contributed by atoms with Crippen LogP contribution in [0, 0.1) is 0 Å². The van der Waals surface area contributed by atoms with Crippen molar-refractivity contribution in [3.63, 3.8) is 0 Å². The molecule has 0 aliphatic rings. The van der Waals surface area contributed by atoms with Gasteiger partial charge in [-0.2, -0.15) is 0 Å². The fourth-order valence-corrected chi connectivity index (χ4v) is 2.82. The summed E-state index contributed by atoms with van der Waals surface area (Å²) in [4.78, 5) is 23.7. The Kier molecular flexibility index (Phi) is 6.50. The summed E-state index contributed by atoms with van der Waals surface area (Å²) in [6.07, 6.45) is 0. The van der Waals surface area contributed by atoms with E-state index in [4.69, 9.17) is 16.3 Å². The number of carbonyl (C=O) groups excluding carboxylic acids is 2. The van der Waals surface area contributed by atoms with Crippen molar-refractivity contribution in [3.05, 3.63) is 64.7 Å². The highest BCUT2D eigenvalue weighted by molar-refractivity contribution is 7.99. The lowest BCUT2D eigenvalue weighted by Gasteiger charge is -2.09. The highest BCUT2D eigenvalue weighted by Gasteiger charge is 2.13. The molecule has 2 aromatic carbocycles. The first-order valence-corrected chi connectivity index (χ1v) is 8.43. The molecule has 120 valence electrons. The van der Waals surface area contributed by atoms with Gasteiger partial charge in [0.2, 0.25) is 5.91 Å². The van der Waals surface area contributed by atoms with E-state index < -0.39 is 5.97 Å². The summed E-state index contributed by atoms with van der Waals surface area (Å²) >= 11 is 7.32. The van der Waals surface area contributed by atoms with E-state index in [1.165, 1.54) is 18.9 Å². The van der Waals surface area contributed by atoms with Crippen LogP contribution in [0.15, 0.2) is 48.5 Å². The summed E-state index contributed by atoms with van der Waals surface area (Å²) in [5.41, 5.74) is 1.89. The lowest BCUT2D eigenvalue weighted by molar-refractivity contribution is -0.113. The number of amides is 1. The summed E-state index contributed by atoms with van der Waals surface area (Å²) in [7, 11) is 1.31. The Morgan fingerprint density at radius 3 is 2.52 bits per heavy atom. The number of esters is 1. The van der Waals surface area contributed by atoms with Crippen molar-refractivity contribution in [1.29, 1.82) is 0 Å². The van der Waals surface area contributed by atoms with Gasteiger partial charge < -0.3 is 10.1 Å². The van der Waals surface area contributed by atoms with Gasteiger partial charge in [-0.1, -0.05) is 35.9 Å². The van der Waals surface area contributed by atoms with Crippen LogP contribution in [-0.4, -0.2) is 24.7 Å². The zero-order valence-corrected chi connectivity index (χ0v) is 14.1. The van der Waals surface area contributed by atoms with E-state index in [-0.39, 0.29) is 11.7 Å². The molecule has 0 radical (unpaired) electrons. The SMILES string of the molecule is COC(=O)c1ccccc1NC(=O)CSCc1ccc(Cl)cc1. The number of para-hydroxylation sites is 1. The number of halogens is 1. The van der Waals surface area contributed by atoms with E-state index in [1.54, 1.807) is 24.3 Å². The molecule has 0 aromatic heterocycles. The van der Waals surface area contributed by atoms with Gasteiger partial charge in [0.05, 0.1) is 24.1 Å². The molecule has 0 saturated carbocycles. The zero-order valence-electron chi connectivity index (χ0n) is 12.5. The van der Waals surface area contributed by atoms with E-state index in [0.717, 1.165) is 5.56 Å². The fraction of sp³-hybridized carbons (Fsp3) is 0.176. The lowest BCUT2D eigenvalue weighted by Crippen LogP contribution is -2.17. The largest absolute Gasteiger partial charge is 0.465 e. The molecule has 0 saturated heterocycles. The Morgan fingerprint density at radius 1 is 1.13 bits per heavy atom. The first kappa shape index (κ1) is 17.4. The summed E-state index contributed by atoms with van der Waals surface area (Å²) in [5, 5.41) is 3.43. The van der Waals surface area contributed by atoms with Crippen molar-refractivity contribution < 1.29 is 14.3 Å². The molecule has 4 nitrogen and oxygen atoms in total. The van der Waals surface area contributed by atoms with E-state index >= 15 is 0 Å². The smallest absolute Gasteiger partial charge is 0.339 e. The third-order valence-corrected chi connectivity index (χ3v) is 4.28. The van der Waals surface area contributed by atoms with Gasteiger partial charge in [0.15, 0.2) is 0 Å². The van der Waals surface area contributed by atoms with Crippen LogP contribution >= 0.6 is 23.4 Å². The molecule has 23 heavy (non-hydrogen) atoms. The number of ether oxygens (including phenoxy) is 1. The molecule has 0 aliphatic heterocycles. The second-order valence-corrected chi connectivity index (χ2v) is 6.13. The standard InChI is InChI=1S/C17H16ClNO3S/c1-22-17(21)14-4-2-3-5-15(14)19-16(20)11-23-10-12-6-8-13(18)9-7-12/h2-9H,10-11H2,1H3,(H,19,20). The third kappa shape index (κ3) is 5.30. The molecule has 1 N–H and O–H groups in total. The molecule has 2 rings (SSSR count). The lowest BCUT2D eigenvalue weighted by atomic mass is 10.2. The maximum Gasteiger partial charge on any atom is 0.339 e. The minimum atomic E-state index is -0.477. The molecule has 1 amide bonds. The molecule has 0 unspecified atom stereocenters. The highest BCUT2D eigenvalue weighted by atomic mass is 35.5. The second kappa shape index (κ2) is 8.60. The number of hydrogen-bond donors (Lipinski definition) is 1. The Hall–Kier alpha value is -1.98. The summed E-state index contributed by atoms with van der Waals surface area (Å²) < 4.78 is 4.70. The maximum atomic E-state index is 12.0. The Morgan fingerprint density at radius 2 is 1.83 bits per heavy atom. The summed E-state index contributed by atoms with van der Waals surface area (Å²) in [6.45, 7) is 0. The van der Waals surface area contributed by atoms with Gasteiger partial charge in [0.25, 0.3) is 0 Å². The molecule has 0 aliphatic carbocycles. The fourth-order valence-electron chi connectivity index (χ4n) is 1.91. The number of benzene rings is 2. The van der Waals surface area contributed by atoms with E-state index in [0.29, 0.717) is 22.0 Å². The van der Waals surface area contributed by atoms with Crippen LogP contribution in [-0.2, 0) is 15.3 Å².